The highest BCUT2D eigenvalue weighted by atomic mass is 79.9. The summed E-state index contributed by atoms with van der Waals surface area (Å²) in [7, 11) is 0. The van der Waals surface area contributed by atoms with E-state index in [-0.39, 0.29) is 0 Å². The van der Waals surface area contributed by atoms with E-state index in [1.807, 2.05) is 29.6 Å². The van der Waals surface area contributed by atoms with Crippen molar-refractivity contribution in [3.8, 4) is 0 Å². The third kappa shape index (κ3) is 2.24. The second kappa shape index (κ2) is 3.98. The van der Waals surface area contributed by atoms with Gasteiger partial charge < -0.3 is 11.1 Å². The minimum atomic E-state index is 0.741. The highest BCUT2D eigenvalue weighted by Gasteiger charge is 1.99. The lowest BCUT2D eigenvalue weighted by Crippen LogP contribution is -1.91. The Labute approximate surface area is 94.1 Å². The third-order valence-electron chi connectivity index (χ3n) is 1.61. The first kappa shape index (κ1) is 9.48. The average Bonchev–Trinajstić information content (AvgIpc) is 2.51. The molecule has 0 radical (unpaired) electrons. The van der Waals surface area contributed by atoms with Gasteiger partial charge in [0.1, 0.15) is 4.60 Å². The average molecular weight is 270 g/mol. The van der Waals surface area contributed by atoms with Gasteiger partial charge in [0.15, 0.2) is 5.13 Å². The van der Waals surface area contributed by atoms with Gasteiger partial charge >= 0.3 is 0 Å². The minimum absolute atomic E-state index is 0.741. The summed E-state index contributed by atoms with van der Waals surface area (Å²) in [4.78, 5) is 4.22. The van der Waals surface area contributed by atoms with Gasteiger partial charge in [-0.25, -0.2) is 4.98 Å². The maximum absolute atomic E-state index is 5.65. The molecule has 0 aliphatic heterocycles. The number of nitrogens with two attached hydrogens (primary N) is 1. The summed E-state index contributed by atoms with van der Waals surface area (Å²) in [6.45, 7) is 0. The second-order valence-corrected chi connectivity index (χ2v) is 4.40. The van der Waals surface area contributed by atoms with Crippen LogP contribution in [0.1, 0.15) is 0 Å². The number of aromatic nitrogens is 1. The van der Waals surface area contributed by atoms with Crippen LogP contribution in [0.15, 0.2) is 34.2 Å². The zero-order valence-electron chi connectivity index (χ0n) is 7.20. The molecule has 0 fully saturated rings. The Morgan fingerprint density at radius 1 is 1.43 bits per heavy atom. The van der Waals surface area contributed by atoms with E-state index in [9.17, 15) is 0 Å². The molecule has 1 aromatic heterocycles. The number of hydrogen-bond acceptors (Lipinski definition) is 4. The molecule has 0 saturated heterocycles. The lowest BCUT2D eigenvalue weighted by Gasteiger charge is -2.02. The standard InChI is InChI=1S/C9H8BrN3S/c10-8-5-14-9(13-8)12-7-3-1-2-6(11)4-7/h1-5H,11H2,(H,12,13). The zero-order valence-corrected chi connectivity index (χ0v) is 9.60. The van der Waals surface area contributed by atoms with Crippen molar-refractivity contribution in [2.24, 2.45) is 0 Å². The fourth-order valence-electron chi connectivity index (χ4n) is 1.05. The van der Waals surface area contributed by atoms with Gasteiger partial charge in [-0.1, -0.05) is 6.07 Å². The van der Waals surface area contributed by atoms with E-state index >= 15 is 0 Å². The lowest BCUT2D eigenvalue weighted by molar-refractivity contribution is 1.35. The van der Waals surface area contributed by atoms with Gasteiger partial charge in [-0.2, -0.15) is 0 Å². The van der Waals surface area contributed by atoms with E-state index in [2.05, 4.69) is 26.2 Å². The molecule has 0 amide bonds. The molecule has 5 heteroatoms. The summed E-state index contributed by atoms with van der Waals surface area (Å²) in [5.74, 6) is 0. The summed E-state index contributed by atoms with van der Waals surface area (Å²) in [6, 6.07) is 7.57. The number of rotatable bonds is 2. The Morgan fingerprint density at radius 2 is 2.29 bits per heavy atom. The molecule has 2 rings (SSSR count). The van der Waals surface area contributed by atoms with Crippen LogP contribution in [0.2, 0.25) is 0 Å². The normalized spacial score (nSPS) is 10.1. The quantitative estimate of drug-likeness (QED) is 0.824. The van der Waals surface area contributed by atoms with Crippen LogP contribution in [-0.2, 0) is 0 Å². The summed E-state index contributed by atoms with van der Waals surface area (Å²) in [6.07, 6.45) is 0. The maximum Gasteiger partial charge on any atom is 0.188 e. The molecule has 0 aliphatic rings. The molecule has 0 saturated carbocycles. The van der Waals surface area contributed by atoms with E-state index in [1.165, 1.54) is 0 Å². The predicted molar refractivity (Wildman–Crippen MR) is 64.0 cm³/mol. The maximum atomic E-state index is 5.65. The molecule has 2 aromatic rings. The molecule has 72 valence electrons. The van der Waals surface area contributed by atoms with Crippen molar-refractivity contribution in [1.29, 1.82) is 0 Å². The van der Waals surface area contributed by atoms with Gasteiger partial charge in [0, 0.05) is 16.8 Å². The van der Waals surface area contributed by atoms with Crippen LogP contribution in [0.5, 0.6) is 0 Å². The predicted octanol–water partition coefficient (Wildman–Crippen LogP) is 3.23. The first-order chi connectivity index (χ1) is 6.74. The van der Waals surface area contributed by atoms with E-state index in [1.54, 1.807) is 11.3 Å². The number of hydrogen-bond donors (Lipinski definition) is 2. The van der Waals surface area contributed by atoms with Crippen LogP contribution in [0.3, 0.4) is 0 Å². The largest absolute Gasteiger partial charge is 0.399 e. The summed E-state index contributed by atoms with van der Waals surface area (Å²) in [5, 5.41) is 5.94. The molecule has 0 bridgehead atoms. The SMILES string of the molecule is Nc1cccc(Nc2nc(Br)cs2)c1. The van der Waals surface area contributed by atoms with Crippen LogP contribution in [0.4, 0.5) is 16.5 Å². The van der Waals surface area contributed by atoms with Gasteiger partial charge in [-0.05, 0) is 34.1 Å². The van der Waals surface area contributed by atoms with Crippen molar-refractivity contribution in [2.45, 2.75) is 0 Å². The number of benzene rings is 1. The van der Waals surface area contributed by atoms with E-state index in [4.69, 9.17) is 5.73 Å². The first-order valence-electron chi connectivity index (χ1n) is 3.97. The molecule has 0 spiro atoms. The Balaban J connectivity index is 2.18. The number of nitrogen functional groups attached to an aromatic ring is 1. The topological polar surface area (TPSA) is 50.9 Å². The van der Waals surface area contributed by atoms with Gasteiger partial charge in [0.25, 0.3) is 0 Å². The van der Waals surface area contributed by atoms with Crippen molar-refractivity contribution in [1.82, 2.24) is 4.98 Å². The summed E-state index contributed by atoms with van der Waals surface area (Å²) in [5.41, 5.74) is 7.34. The first-order valence-corrected chi connectivity index (χ1v) is 5.65. The van der Waals surface area contributed by atoms with E-state index < -0.39 is 0 Å². The van der Waals surface area contributed by atoms with Gasteiger partial charge in [0.2, 0.25) is 0 Å². The van der Waals surface area contributed by atoms with Crippen LogP contribution in [0, 0.1) is 0 Å². The number of nitrogens with one attached hydrogen (secondary N) is 1. The zero-order chi connectivity index (χ0) is 9.97. The summed E-state index contributed by atoms with van der Waals surface area (Å²) < 4.78 is 0.842. The van der Waals surface area contributed by atoms with Gasteiger partial charge in [0.05, 0.1) is 0 Å². The molecule has 1 aromatic carbocycles. The second-order valence-electron chi connectivity index (χ2n) is 2.73. The highest BCUT2D eigenvalue weighted by molar-refractivity contribution is 9.10. The molecular weight excluding hydrogens is 262 g/mol. The molecule has 0 atom stereocenters. The van der Waals surface area contributed by atoms with Gasteiger partial charge in [-0.3, -0.25) is 0 Å². The van der Waals surface area contributed by atoms with Crippen molar-refractivity contribution in [3.05, 3.63) is 34.2 Å². The van der Waals surface area contributed by atoms with Crippen LogP contribution in [0.25, 0.3) is 0 Å². The molecule has 0 aliphatic carbocycles. The van der Waals surface area contributed by atoms with Crippen LogP contribution in [-0.4, -0.2) is 4.98 Å². The monoisotopic (exact) mass is 269 g/mol. The van der Waals surface area contributed by atoms with Crippen molar-refractivity contribution in [2.75, 3.05) is 11.1 Å². The Morgan fingerprint density at radius 3 is 2.93 bits per heavy atom. The smallest absolute Gasteiger partial charge is 0.188 e. The molecule has 14 heavy (non-hydrogen) atoms. The van der Waals surface area contributed by atoms with Crippen molar-refractivity contribution >= 4 is 43.8 Å². The highest BCUT2D eigenvalue weighted by Crippen LogP contribution is 2.24. The number of thiazole rings is 1. The Hall–Kier alpha value is -1.07. The molecule has 0 unspecified atom stereocenters. The van der Waals surface area contributed by atoms with E-state index in [0.29, 0.717) is 0 Å². The van der Waals surface area contributed by atoms with E-state index in [0.717, 1.165) is 21.1 Å². The molecule has 3 nitrogen and oxygen atoms in total. The summed E-state index contributed by atoms with van der Waals surface area (Å²) >= 11 is 4.83. The van der Waals surface area contributed by atoms with Crippen molar-refractivity contribution in [3.63, 3.8) is 0 Å². The minimum Gasteiger partial charge on any atom is -0.399 e. The fourth-order valence-corrected chi connectivity index (χ4v) is 2.22. The van der Waals surface area contributed by atoms with Crippen LogP contribution < -0.4 is 11.1 Å². The number of halogens is 1. The lowest BCUT2D eigenvalue weighted by atomic mass is 10.3. The number of anilines is 3. The third-order valence-corrected chi connectivity index (χ3v) is 3.08. The fraction of sp³-hybridized carbons (Fsp3) is 0. The Bertz CT molecular complexity index is 441. The Kier molecular flexibility index (Phi) is 2.69. The van der Waals surface area contributed by atoms with Gasteiger partial charge in [-0.15, -0.1) is 11.3 Å². The number of nitrogens with zero attached hydrogens (tertiary/aromatic N) is 1. The molecule has 1 heterocycles. The molecular formula is C9H8BrN3S. The van der Waals surface area contributed by atoms with Crippen LogP contribution >= 0.6 is 27.3 Å². The van der Waals surface area contributed by atoms with Crippen molar-refractivity contribution < 1.29 is 0 Å². The molecule has 3 N–H and O–H groups in total.